The van der Waals surface area contributed by atoms with Crippen LogP contribution in [-0.2, 0) is 11.2 Å². The van der Waals surface area contributed by atoms with Crippen LogP contribution in [-0.4, -0.2) is 30.4 Å². The summed E-state index contributed by atoms with van der Waals surface area (Å²) < 4.78 is 12.8. The number of nitrogens with two attached hydrogens (primary N) is 1. The third kappa shape index (κ3) is 3.77. The van der Waals surface area contributed by atoms with Gasteiger partial charge in [-0.15, -0.1) is 0 Å². The Morgan fingerprint density at radius 1 is 1.37 bits per heavy atom. The van der Waals surface area contributed by atoms with Gasteiger partial charge in [0, 0.05) is 25.6 Å². The van der Waals surface area contributed by atoms with Crippen LogP contribution in [0.15, 0.2) is 24.3 Å². The first-order valence-electron chi connectivity index (χ1n) is 6.81. The molecule has 1 amide bonds. The minimum Gasteiger partial charge on any atom is -0.345 e. The maximum atomic E-state index is 12.8. The fourth-order valence-electron chi connectivity index (χ4n) is 2.61. The van der Waals surface area contributed by atoms with Crippen molar-refractivity contribution in [2.24, 2.45) is 11.7 Å². The van der Waals surface area contributed by atoms with Crippen molar-refractivity contribution in [2.45, 2.75) is 31.7 Å². The number of nitrogens with zero attached hydrogens (tertiary/aromatic N) is 1. The zero-order valence-electron chi connectivity index (χ0n) is 11.3. The van der Waals surface area contributed by atoms with Crippen LogP contribution in [0.4, 0.5) is 4.39 Å². The van der Waals surface area contributed by atoms with E-state index in [0.29, 0.717) is 6.54 Å². The van der Waals surface area contributed by atoms with E-state index < -0.39 is 0 Å². The summed E-state index contributed by atoms with van der Waals surface area (Å²) >= 11 is 0. The summed E-state index contributed by atoms with van der Waals surface area (Å²) in [5.41, 5.74) is 6.88. The largest absolute Gasteiger partial charge is 0.345 e. The zero-order valence-corrected chi connectivity index (χ0v) is 11.3. The number of halogens is 1. The van der Waals surface area contributed by atoms with Crippen LogP contribution in [0, 0.1) is 11.7 Å². The number of hydrogen-bond donors (Lipinski definition) is 1. The standard InChI is InChI=1S/C15H21FN2O/c1-18(15(19)12-4-7-14(17)10-12)9-8-11-2-5-13(16)6-3-11/h2-3,5-6,12,14H,4,7-10,17H2,1H3/t12-,14+/m0/s1. The molecule has 0 spiro atoms. The van der Waals surface area contributed by atoms with Gasteiger partial charge in [0.05, 0.1) is 0 Å². The van der Waals surface area contributed by atoms with Crippen molar-refractivity contribution in [3.05, 3.63) is 35.6 Å². The Hall–Kier alpha value is -1.42. The average Bonchev–Trinajstić information content (AvgIpc) is 2.83. The number of amides is 1. The molecule has 0 aliphatic heterocycles. The molecule has 1 aliphatic rings. The molecule has 0 radical (unpaired) electrons. The fourth-order valence-corrected chi connectivity index (χ4v) is 2.61. The molecule has 0 saturated heterocycles. The van der Waals surface area contributed by atoms with Gasteiger partial charge in [0.25, 0.3) is 0 Å². The molecule has 3 nitrogen and oxygen atoms in total. The van der Waals surface area contributed by atoms with Gasteiger partial charge in [-0.05, 0) is 43.4 Å². The van der Waals surface area contributed by atoms with Crippen molar-refractivity contribution in [1.29, 1.82) is 0 Å². The van der Waals surface area contributed by atoms with E-state index in [0.717, 1.165) is 31.2 Å². The lowest BCUT2D eigenvalue weighted by Gasteiger charge is -2.21. The maximum absolute atomic E-state index is 12.8. The number of benzene rings is 1. The molecule has 0 unspecified atom stereocenters. The van der Waals surface area contributed by atoms with E-state index >= 15 is 0 Å². The Balaban J connectivity index is 1.82. The first-order valence-corrected chi connectivity index (χ1v) is 6.81. The molecule has 1 aromatic rings. The van der Waals surface area contributed by atoms with Gasteiger partial charge < -0.3 is 10.6 Å². The summed E-state index contributed by atoms with van der Waals surface area (Å²) in [6.45, 7) is 0.663. The van der Waals surface area contributed by atoms with Gasteiger partial charge >= 0.3 is 0 Å². The Morgan fingerprint density at radius 2 is 2.05 bits per heavy atom. The topological polar surface area (TPSA) is 46.3 Å². The number of carbonyl (C=O) groups is 1. The summed E-state index contributed by atoms with van der Waals surface area (Å²) in [7, 11) is 1.83. The van der Waals surface area contributed by atoms with Gasteiger partial charge in [-0.2, -0.15) is 0 Å². The quantitative estimate of drug-likeness (QED) is 0.903. The molecule has 1 aliphatic carbocycles. The number of likely N-dealkylation sites (N-methyl/N-ethyl adjacent to an activating group) is 1. The second-order valence-electron chi connectivity index (χ2n) is 5.41. The molecular weight excluding hydrogens is 243 g/mol. The molecule has 0 bridgehead atoms. The molecule has 2 N–H and O–H groups in total. The highest BCUT2D eigenvalue weighted by molar-refractivity contribution is 5.79. The SMILES string of the molecule is CN(CCc1ccc(F)cc1)C(=O)[C@H]1CC[C@@H](N)C1. The first-order chi connectivity index (χ1) is 9.06. The summed E-state index contributed by atoms with van der Waals surface area (Å²) in [5, 5.41) is 0. The predicted molar refractivity (Wildman–Crippen MR) is 73.1 cm³/mol. The molecule has 2 atom stereocenters. The Bertz CT molecular complexity index is 432. The maximum Gasteiger partial charge on any atom is 0.225 e. The molecule has 1 aromatic carbocycles. The normalized spacial score (nSPS) is 22.5. The van der Waals surface area contributed by atoms with Crippen molar-refractivity contribution in [3.8, 4) is 0 Å². The summed E-state index contributed by atoms with van der Waals surface area (Å²) in [4.78, 5) is 13.9. The highest BCUT2D eigenvalue weighted by Gasteiger charge is 2.29. The van der Waals surface area contributed by atoms with Gasteiger partial charge in [-0.1, -0.05) is 12.1 Å². The fraction of sp³-hybridized carbons (Fsp3) is 0.533. The molecule has 2 rings (SSSR count). The lowest BCUT2D eigenvalue weighted by molar-refractivity contribution is -0.134. The number of carbonyl (C=O) groups excluding carboxylic acids is 1. The van der Waals surface area contributed by atoms with Crippen LogP contribution >= 0.6 is 0 Å². The lowest BCUT2D eigenvalue weighted by Crippen LogP contribution is -2.34. The first kappa shape index (κ1) is 14.0. The zero-order chi connectivity index (χ0) is 13.8. The van der Waals surface area contributed by atoms with Gasteiger partial charge in [0.2, 0.25) is 5.91 Å². The van der Waals surface area contributed by atoms with Crippen molar-refractivity contribution in [3.63, 3.8) is 0 Å². The summed E-state index contributed by atoms with van der Waals surface area (Å²) in [6.07, 6.45) is 3.41. The highest BCUT2D eigenvalue weighted by Crippen LogP contribution is 2.25. The highest BCUT2D eigenvalue weighted by atomic mass is 19.1. The second-order valence-corrected chi connectivity index (χ2v) is 5.41. The minimum atomic E-state index is -0.229. The third-order valence-electron chi connectivity index (χ3n) is 3.85. The van der Waals surface area contributed by atoms with Gasteiger partial charge in [0.1, 0.15) is 5.82 Å². The van der Waals surface area contributed by atoms with Crippen LogP contribution in [0.25, 0.3) is 0 Å². The van der Waals surface area contributed by atoms with Gasteiger partial charge in [0.15, 0.2) is 0 Å². The van der Waals surface area contributed by atoms with Crippen LogP contribution in [0.1, 0.15) is 24.8 Å². The lowest BCUT2D eigenvalue weighted by atomic mass is 10.1. The van der Waals surface area contributed by atoms with Crippen LogP contribution < -0.4 is 5.73 Å². The monoisotopic (exact) mass is 264 g/mol. The van der Waals surface area contributed by atoms with Crippen LogP contribution in [0.3, 0.4) is 0 Å². The van der Waals surface area contributed by atoms with E-state index in [-0.39, 0.29) is 23.7 Å². The summed E-state index contributed by atoms with van der Waals surface area (Å²) in [5.74, 6) is 0.0522. The Kier molecular flexibility index (Phi) is 4.53. The molecular formula is C15H21FN2O. The molecule has 0 aromatic heterocycles. The van der Waals surface area contributed by atoms with E-state index in [4.69, 9.17) is 5.73 Å². The van der Waals surface area contributed by atoms with Gasteiger partial charge in [-0.3, -0.25) is 4.79 Å². The molecule has 104 valence electrons. The van der Waals surface area contributed by atoms with E-state index in [9.17, 15) is 9.18 Å². The minimum absolute atomic E-state index is 0.0909. The van der Waals surface area contributed by atoms with Crippen molar-refractivity contribution < 1.29 is 9.18 Å². The van der Waals surface area contributed by atoms with E-state index in [1.165, 1.54) is 12.1 Å². The average molecular weight is 264 g/mol. The molecule has 1 saturated carbocycles. The van der Waals surface area contributed by atoms with Crippen molar-refractivity contribution >= 4 is 5.91 Å². The molecule has 19 heavy (non-hydrogen) atoms. The second kappa shape index (κ2) is 6.15. The Morgan fingerprint density at radius 3 is 2.63 bits per heavy atom. The van der Waals surface area contributed by atoms with E-state index in [2.05, 4.69) is 0 Å². The molecule has 4 heteroatoms. The molecule has 0 heterocycles. The summed E-state index contributed by atoms with van der Waals surface area (Å²) in [6, 6.07) is 6.61. The Labute approximate surface area is 113 Å². The smallest absolute Gasteiger partial charge is 0.225 e. The third-order valence-corrected chi connectivity index (χ3v) is 3.85. The van der Waals surface area contributed by atoms with Crippen LogP contribution in [0.2, 0.25) is 0 Å². The number of hydrogen-bond acceptors (Lipinski definition) is 2. The van der Waals surface area contributed by atoms with E-state index in [1.807, 2.05) is 7.05 Å². The number of rotatable bonds is 4. The molecule has 1 fully saturated rings. The van der Waals surface area contributed by atoms with Crippen LogP contribution in [0.5, 0.6) is 0 Å². The van der Waals surface area contributed by atoms with Crippen molar-refractivity contribution in [2.75, 3.05) is 13.6 Å². The van der Waals surface area contributed by atoms with Gasteiger partial charge in [-0.25, -0.2) is 4.39 Å². The predicted octanol–water partition coefficient (Wildman–Crippen LogP) is 1.95. The van der Waals surface area contributed by atoms with Crippen molar-refractivity contribution in [1.82, 2.24) is 4.90 Å². The van der Waals surface area contributed by atoms with E-state index in [1.54, 1.807) is 17.0 Å².